The van der Waals surface area contributed by atoms with Gasteiger partial charge >= 0.3 is 0 Å². The average Bonchev–Trinajstić information content (AvgIpc) is 2.43. The molecule has 0 aromatic carbocycles. The molecule has 2 heteroatoms. The molecule has 3 unspecified atom stereocenters. The van der Waals surface area contributed by atoms with Crippen LogP contribution in [0.25, 0.3) is 0 Å². The summed E-state index contributed by atoms with van der Waals surface area (Å²) in [6.07, 6.45) is 5.98. The third-order valence-corrected chi connectivity index (χ3v) is 5.62. The Morgan fingerprint density at radius 3 is 2.45 bits per heavy atom. The van der Waals surface area contributed by atoms with Crippen LogP contribution in [-0.4, -0.2) is 24.5 Å². The number of nitriles is 1. The zero-order valence-corrected chi connectivity index (χ0v) is 14.4. The Labute approximate surface area is 126 Å². The first-order valence-corrected chi connectivity index (χ1v) is 8.41. The van der Waals surface area contributed by atoms with Crippen molar-refractivity contribution in [2.45, 2.75) is 72.8 Å². The van der Waals surface area contributed by atoms with Crippen molar-refractivity contribution in [3.8, 4) is 6.07 Å². The third-order valence-electron chi connectivity index (χ3n) is 5.62. The van der Waals surface area contributed by atoms with Gasteiger partial charge in [-0.25, -0.2) is 0 Å². The summed E-state index contributed by atoms with van der Waals surface area (Å²) >= 11 is 0. The second-order valence-corrected chi connectivity index (χ2v) is 7.82. The van der Waals surface area contributed by atoms with Crippen LogP contribution >= 0.6 is 0 Å². The first kappa shape index (κ1) is 17.5. The van der Waals surface area contributed by atoms with Crippen molar-refractivity contribution in [3.05, 3.63) is 0 Å². The van der Waals surface area contributed by atoms with Gasteiger partial charge in [-0.05, 0) is 56.5 Å². The number of hydrogen-bond donors (Lipinski definition) is 0. The van der Waals surface area contributed by atoms with Crippen LogP contribution in [0.4, 0.5) is 0 Å². The zero-order chi connectivity index (χ0) is 15.3. The molecule has 2 nitrogen and oxygen atoms in total. The van der Waals surface area contributed by atoms with E-state index in [9.17, 15) is 5.26 Å². The lowest BCUT2D eigenvalue weighted by Crippen LogP contribution is -2.45. The van der Waals surface area contributed by atoms with E-state index in [0.717, 1.165) is 24.8 Å². The predicted octanol–water partition coefficient (Wildman–Crippen LogP) is 4.71. The number of rotatable bonds is 6. The summed E-state index contributed by atoms with van der Waals surface area (Å²) < 4.78 is 0. The molecule has 1 rings (SSSR count). The SMILES string of the molecule is CCC(C)(C)C1CCC(C#N)C(N(C)CCC(C)C)C1. The van der Waals surface area contributed by atoms with E-state index >= 15 is 0 Å². The monoisotopic (exact) mass is 278 g/mol. The Morgan fingerprint density at radius 1 is 1.30 bits per heavy atom. The second kappa shape index (κ2) is 7.46. The summed E-state index contributed by atoms with van der Waals surface area (Å²) in [7, 11) is 2.22. The third kappa shape index (κ3) is 4.48. The number of nitrogens with zero attached hydrogens (tertiary/aromatic N) is 2. The highest BCUT2D eigenvalue weighted by molar-refractivity contribution is 4.99. The maximum Gasteiger partial charge on any atom is 0.0672 e. The Balaban J connectivity index is 2.71. The molecule has 1 saturated carbocycles. The van der Waals surface area contributed by atoms with Gasteiger partial charge in [-0.1, -0.05) is 41.0 Å². The van der Waals surface area contributed by atoms with Crippen molar-refractivity contribution in [2.75, 3.05) is 13.6 Å². The van der Waals surface area contributed by atoms with Gasteiger partial charge in [0.15, 0.2) is 0 Å². The van der Waals surface area contributed by atoms with Crippen molar-refractivity contribution < 1.29 is 0 Å². The highest BCUT2D eigenvalue weighted by atomic mass is 15.1. The van der Waals surface area contributed by atoms with E-state index in [2.05, 4.69) is 52.6 Å². The minimum Gasteiger partial charge on any atom is -0.302 e. The van der Waals surface area contributed by atoms with E-state index in [1.54, 1.807) is 0 Å². The van der Waals surface area contributed by atoms with Crippen LogP contribution < -0.4 is 0 Å². The molecule has 1 fully saturated rings. The van der Waals surface area contributed by atoms with Crippen LogP contribution in [0.5, 0.6) is 0 Å². The minimum atomic E-state index is 0.232. The van der Waals surface area contributed by atoms with Crippen molar-refractivity contribution in [2.24, 2.45) is 23.2 Å². The first-order chi connectivity index (χ1) is 9.31. The lowest BCUT2D eigenvalue weighted by atomic mass is 9.66. The van der Waals surface area contributed by atoms with Gasteiger partial charge in [-0.3, -0.25) is 0 Å². The highest BCUT2D eigenvalue weighted by Crippen LogP contribution is 2.43. The summed E-state index contributed by atoms with van der Waals surface area (Å²) in [5.41, 5.74) is 0.414. The van der Waals surface area contributed by atoms with E-state index in [1.807, 2.05) is 0 Å². The van der Waals surface area contributed by atoms with Crippen molar-refractivity contribution >= 4 is 0 Å². The standard InChI is InChI=1S/C18H34N2/c1-7-18(4,5)16-9-8-15(13-19)17(12-16)20(6)11-10-14(2)3/h14-17H,7-12H2,1-6H3. The first-order valence-electron chi connectivity index (χ1n) is 8.41. The molecule has 0 heterocycles. The molecule has 0 aromatic heterocycles. The Hall–Kier alpha value is -0.550. The molecule has 0 amide bonds. The fraction of sp³-hybridized carbons (Fsp3) is 0.944. The molecule has 116 valence electrons. The molecular formula is C18H34N2. The molecule has 0 radical (unpaired) electrons. The summed E-state index contributed by atoms with van der Waals surface area (Å²) in [4.78, 5) is 2.46. The molecule has 1 aliphatic rings. The molecular weight excluding hydrogens is 244 g/mol. The van der Waals surface area contributed by atoms with Gasteiger partial charge in [0.2, 0.25) is 0 Å². The summed E-state index contributed by atoms with van der Waals surface area (Å²) in [6.45, 7) is 12.8. The lowest BCUT2D eigenvalue weighted by molar-refractivity contribution is 0.0626. The normalized spacial score (nSPS) is 27.9. The molecule has 20 heavy (non-hydrogen) atoms. The second-order valence-electron chi connectivity index (χ2n) is 7.82. The van der Waals surface area contributed by atoms with Gasteiger partial charge in [0, 0.05) is 6.04 Å². The topological polar surface area (TPSA) is 27.0 Å². The van der Waals surface area contributed by atoms with Crippen LogP contribution in [0, 0.1) is 34.5 Å². The molecule has 3 atom stereocenters. The lowest BCUT2D eigenvalue weighted by Gasteiger charge is -2.44. The van der Waals surface area contributed by atoms with Crippen LogP contribution in [0.15, 0.2) is 0 Å². The quantitative estimate of drug-likeness (QED) is 0.703. The van der Waals surface area contributed by atoms with Gasteiger partial charge < -0.3 is 4.90 Å². The summed E-state index contributed by atoms with van der Waals surface area (Å²) in [5.74, 6) is 1.74. The van der Waals surface area contributed by atoms with Crippen LogP contribution in [-0.2, 0) is 0 Å². The maximum atomic E-state index is 9.46. The van der Waals surface area contributed by atoms with Gasteiger partial charge in [0.1, 0.15) is 0 Å². The average molecular weight is 278 g/mol. The molecule has 0 bridgehead atoms. The molecule has 0 N–H and O–H groups in total. The summed E-state index contributed by atoms with van der Waals surface area (Å²) in [5, 5.41) is 9.46. The van der Waals surface area contributed by atoms with Crippen LogP contribution in [0.2, 0.25) is 0 Å². The minimum absolute atomic E-state index is 0.232. The largest absolute Gasteiger partial charge is 0.302 e. The van der Waals surface area contributed by atoms with Crippen LogP contribution in [0.1, 0.15) is 66.7 Å². The molecule has 0 spiro atoms. The maximum absolute atomic E-state index is 9.46. The van der Waals surface area contributed by atoms with Crippen molar-refractivity contribution in [1.82, 2.24) is 4.90 Å². The van der Waals surface area contributed by atoms with E-state index < -0.39 is 0 Å². The van der Waals surface area contributed by atoms with E-state index in [4.69, 9.17) is 0 Å². The Kier molecular flexibility index (Phi) is 6.52. The molecule has 0 aliphatic heterocycles. The molecule has 0 aromatic rings. The highest BCUT2D eigenvalue weighted by Gasteiger charge is 2.38. The smallest absolute Gasteiger partial charge is 0.0672 e. The van der Waals surface area contributed by atoms with Gasteiger partial charge in [-0.2, -0.15) is 5.26 Å². The Morgan fingerprint density at radius 2 is 1.95 bits per heavy atom. The molecule has 1 aliphatic carbocycles. The van der Waals surface area contributed by atoms with Crippen molar-refractivity contribution in [3.63, 3.8) is 0 Å². The van der Waals surface area contributed by atoms with E-state index in [-0.39, 0.29) is 5.92 Å². The fourth-order valence-electron chi connectivity index (χ4n) is 3.41. The van der Waals surface area contributed by atoms with Crippen LogP contribution in [0.3, 0.4) is 0 Å². The van der Waals surface area contributed by atoms with Crippen molar-refractivity contribution in [1.29, 1.82) is 5.26 Å². The van der Waals surface area contributed by atoms with Gasteiger partial charge in [-0.15, -0.1) is 0 Å². The van der Waals surface area contributed by atoms with Gasteiger partial charge in [0.25, 0.3) is 0 Å². The summed E-state index contributed by atoms with van der Waals surface area (Å²) in [6, 6.07) is 3.03. The van der Waals surface area contributed by atoms with Gasteiger partial charge in [0.05, 0.1) is 12.0 Å². The molecule has 0 saturated heterocycles. The number of hydrogen-bond acceptors (Lipinski definition) is 2. The fourth-order valence-corrected chi connectivity index (χ4v) is 3.41. The van der Waals surface area contributed by atoms with E-state index in [0.29, 0.717) is 11.5 Å². The predicted molar refractivity (Wildman–Crippen MR) is 86.4 cm³/mol. The van der Waals surface area contributed by atoms with E-state index in [1.165, 1.54) is 25.7 Å². The zero-order valence-electron chi connectivity index (χ0n) is 14.4. The Bertz CT molecular complexity index is 327.